The molecule has 0 spiro atoms. The molecule has 0 amide bonds. The molecule has 1 aliphatic rings. The SMILES string of the molecule is CNc1ncccc1S(=O)(=O)N(C)CCOCC1CC1. The Balaban J connectivity index is 1.96. The normalized spacial score (nSPS) is 15.6. The molecule has 7 heteroatoms. The molecular formula is C13H21N3O3S. The molecule has 1 N–H and O–H groups in total. The summed E-state index contributed by atoms with van der Waals surface area (Å²) < 4.78 is 31.7. The van der Waals surface area contributed by atoms with E-state index in [4.69, 9.17) is 4.74 Å². The first-order valence-electron chi connectivity index (χ1n) is 6.72. The number of hydrogen-bond donors (Lipinski definition) is 1. The summed E-state index contributed by atoms with van der Waals surface area (Å²) in [5, 5.41) is 2.80. The summed E-state index contributed by atoms with van der Waals surface area (Å²) in [4.78, 5) is 4.21. The van der Waals surface area contributed by atoms with Gasteiger partial charge in [0, 0.05) is 33.4 Å². The molecule has 0 aromatic carbocycles. The molecule has 6 nitrogen and oxygen atoms in total. The molecule has 1 fully saturated rings. The second-order valence-electron chi connectivity index (χ2n) is 4.95. The van der Waals surface area contributed by atoms with E-state index in [-0.39, 0.29) is 4.90 Å². The molecule has 1 aliphatic carbocycles. The maximum Gasteiger partial charge on any atom is 0.246 e. The second kappa shape index (κ2) is 6.51. The summed E-state index contributed by atoms with van der Waals surface area (Å²) in [7, 11) is -0.328. The number of anilines is 1. The van der Waals surface area contributed by atoms with Gasteiger partial charge in [0.05, 0.1) is 6.61 Å². The van der Waals surface area contributed by atoms with Crippen LogP contribution in [0.4, 0.5) is 5.82 Å². The number of likely N-dealkylation sites (N-methyl/N-ethyl adjacent to an activating group) is 1. The van der Waals surface area contributed by atoms with Crippen molar-refractivity contribution in [3.05, 3.63) is 18.3 Å². The molecular weight excluding hydrogens is 278 g/mol. The van der Waals surface area contributed by atoms with Crippen molar-refractivity contribution in [2.45, 2.75) is 17.7 Å². The summed E-state index contributed by atoms with van der Waals surface area (Å²) in [6.45, 7) is 1.50. The van der Waals surface area contributed by atoms with Crippen LogP contribution in [0.1, 0.15) is 12.8 Å². The number of aromatic nitrogens is 1. The van der Waals surface area contributed by atoms with E-state index in [1.807, 2.05) is 0 Å². The topological polar surface area (TPSA) is 71.5 Å². The van der Waals surface area contributed by atoms with Gasteiger partial charge in [-0.3, -0.25) is 0 Å². The standard InChI is InChI=1S/C13H21N3O3S/c1-14-13-12(4-3-7-15-13)20(17,18)16(2)8-9-19-10-11-5-6-11/h3-4,7,11H,5-6,8-10H2,1-2H3,(H,14,15). The van der Waals surface area contributed by atoms with Crippen LogP contribution in [0.3, 0.4) is 0 Å². The van der Waals surface area contributed by atoms with E-state index in [0.29, 0.717) is 24.9 Å². The molecule has 0 unspecified atom stereocenters. The minimum absolute atomic E-state index is 0.187. The lowest BCUT2D eigenvalue weighted by Gasteiger charge is -2.18. The number of nitrogens with one attached hydrogen (secondary N) is 1. The monoisotopic (exact) mass is 299 g/mol. The van der Waals surface area contributed by atoms with Crippen molar-refractivity contribution in [2.75, 3.05) is 39.2 Å². The van der Waals surface area contributed by atoms with Crippen molar-refractivity contribution in [1.82, 2.24) is 9.29 Å². The van der Waals surface area contributed by atoms with Crippen LogP contribution >= 0.6 is 0 Å². The molecule has 1 saturated carbocycles. The lowest BCUT2D eigenvalue weighted by molar-refractivity contribution is 0.117. The quantitative estimate of drug-likeness (QED) is 0.730. The van der Waals surface area contributed by atoms with Crippen molar-refractivity contribution in [2.24, 2.45) is 5.92 Å². The zero-order valence-corrected chi connectivity index (χ0v) is 12.7. The van der Waals surface area contributed by atoms with Gasteiger partial charge in [0.2, 0.25) is 10.0 Å². The third-order valence-corrected chi connectivity index (χ3v) is 5.19. The van der Waals surface area contributed by atoms with Crippen LogP contribution in [0, 0.1) is 5.92 Å². The molecule has 0 saturated heterocycles. The van der Waals surface area contributed by atoms with Gasteiger partial charge in [-0.1, -0.05) is 0 Å². The van der Waals surface area contributed by atoms with Crippen molar-refractivity contribution < 1.29 is 13.2 Å². The fourth-order valence-corrected chi connectivity index (χ4v) is 3.10. The van der Waals surface area contributed by atoms with E-state index in [1.54, 1.807) is 32.4 Å². The second-order valence-corrected chi connectivity index (χ2v) is 6.96. The maximum atomic E-state index is 12.4. The smallest absolute Gasteiger partial charge is 0.246 e. The minimum Gasteiger partial charge on any atom is -0.380 e. The van der Waals surface area contributed by atoms with Crippen LogP contribution in [0.15, 0.2) is 23.2 Å². The molecule has 0 bridgehead atoms. The molecule has 1 aromatic rings. The first kappa shape index (κ1) is 15.2. The van der Waals surface area contributed by atoms with Gasteiger partial charge >= 0.3 is 0 Å². The van der Waals surface area contributed by atoms with Gasteiger partial charge in [-0.15, -0.1) is 0 Å². The molecule has 2 rings (SSSR count). The molecule has 1 aromatic heterocycles. The van der Waals surface area contributed by atoms with E-state index in [9.17, 15) is 8.42 Å². The predicted molar refractivity (Wildman–Crippen MR) is 77.1 cm³/mol. The summed E-state index contributed by atoms with van der Waals surface area (Å²) in [6, 6.07) is 3.17. The van der Waals surface area contributed by atoms with Crippen LogP contribution < -0.4 is 5.32 Å². The van der Waals surface area contributed by atoms with Gasteiger partial charge in [-0.05, 0) is 30.9 Å². The zero-order valence-electron chi connectivity index (χ0n) is 11.9. The third-order valence-electron chi connectivity index (χ3n) is 3.30. The lowest BCUT2D eigenvalue weighted by atomic mass is 10.5. The molecule has 0 aliphatic heterocycles. The van der Waals surface area contributed by atoms with Crippen LogP contribution in [0.2, 0.25) is 0 Å². The highest BCUT2D eigenvalue weighted by molar-refractivity contribution is 7.89. The molecule has 20 heavy (non-hydrogen) atoms. The van der Waals surface area contributed by atoms with Gasteiger partial charge in [0.15, 0.2) is 0 Å². The van der Waals surface area contributed by atoms with Gasteiger partial charge in [-0.2, -0.15) is 4.31 Å². The van der Waals surface area contributed by atoms with Gasteiger partial charge < -0.3 is 10.1 Å². The van der Waals surface area contributed by atoms with Gasteiger partial charge in [0.25, 0.3) is 0 Å². The van der Waals surface area contributed by atoms with Crippen LogP contribution in [-0.2, 0) is 14.8 Å². The number of nitrogens with zero attached hydrogens (tertiary/aromatic N) is 2. The van der Waals surface area contributed by atoms with E-state index in [0.717, 1.165) is 6.61 Å². The lowest BCUT2D eigenvalue weighted by Crippen LogP contribution is -2.31. The van der Waals surface area contributed by atoms with E-state index in [1.165, 1.54) is 17.1 Å². The third kappa shape index (κ3) is 3.68. The van der Waals surface area contributed by atoms with E-state index >= 15 is 0 Å². The van der Waals surface area contributed by atoms with Crippen molar-refractivity contribution >= 4 is 15.8 Å². The molecule has 0 radical (unpaired) electrons. The Labute approximate surface area is 120 Å². The van der Waals surface area contributed by atoms with Gasteiger partial charge in [-0.25, -0.2) is 13.4 Å². The van der Waals surface area contributed by atoms with Crippen molar-refractivity contribution in [1.29, 1.82) is 0 Å². The Morgan fingerprint density at radius 1 is 1.50 bits per heavy atom. The average Bonchev–Trinajstić information content (AvgIpc) is 3.27. The predicted octanol–water partition coefficient (Wildman–Crippen LogP) is 1.17. The highest BCUT2D eigenvalue weighted by atomic mass is 32.2. The summed E-state index contributed by atoms with van der Waals surface area (Å²) in [5.74, 6) is 1.05. The number of ether oxygens (including phenoxy) is 1. The summed E-state index contributed by atoms with van der Waals surface area (Å²) >= 11 is 0. The highest BCUT2D eigenvalue weighted by Gasteiger charge is 2.25. The minimum atomic E-state index is -3.54. The van der Waals surface area contributed by atoms with E-state index < -0.39 is 10.0 Å². The van der Waals surface area contributed by atoms with Crippen molar-refractivity contribution in [3.63, 3.8) is 0 Å². The molecule has 1 heterocycles. The Bertz CT molecular complexity index is 544. The molecule has 112 valence electrons. The largest absolute Gasteiger partial charge is 0.380 e. The fraction of sp³-hybridized carbons (Fsp3) is 0.615. The Kier molecular flexibility index (Phi) is 4.95. The number of rotatable bonds is 8. The first-order chi connectivity index (χ1) is 9.55. The number of sulfonamides is 1. The van der Waals surface area contributed by atoms with Crippen LogP contribution in [-0.4, -0.2) is 51.6 Å². The highest BCUT2D eigenvalue weighted by Crippen LogP contribution is 2.28. The van der Waals surface area contributed by atoms with Gasteiger partial charge in [0.1, 0.15) is 10.7 Å². The number of hydrogen-bond acceptors (Lipinski definition) is 5. The van der Waals surface area contributed by atoms with Crippen LogP contribution in [0.5, 0.6) is 0 Å². The average molecular weight is 299 g/mol. The van der Waals surface area contributed by atoms with E-state index in [2.05, 4.69) is 10.3 Å². The van der Waals surface area contributed by atoms with Crippen molar-refractivity contribution in [3.8, 4) is 0 Å². The Hall–Kier alpha value is -1.18. The maximum absolute atomic E-state index is 12.4. The summed E-state index contributed by atoms with van der Waals surface area (Å²) in [5.41, 5.74) is 0. The zero-order chi connectivity index (χ0) is 14.6. The number of pyridine rings is 1. The molecule has 0 atom stereocenters. The summed E-state index contributed by atoms with van der Waals surface area (Å²) in [6.07, 6.45) is 4.02. The van der Waals surface area contributed by atoms with Crippen LogP contribution in [0.25, 0.3) is 0 Å². The first-order valence-corrected chi connectivity index (χ1v) is 8.16. The Morgan fingerprint density at radius 3 is 2.90 bits per heavy atom. The Morgan fingerprint density at radius 2 is 2.25 bits per heavy atom. The fourth-order valence-electron chi connectivity index (χ4n) is 1.80.